The Balaban J connectivity index is 1.29. The molecule has 0 unspecified atom stereocenters. The number of amides is 2. The lowest BCUT2D eigenvalue weighted by Crippen LogP contribution is -2.50. The van der Waals surface area contributed by atoms with Crippen molar-refractivity contribution < 1.29 is 37.1 Å². The molecule has 3 fully saturated rings. The number of carboxylic acids is 1. The first-order valence-corrected chi connectivity index (χ1v) is 12.4. The van der Waals surface area contributed by atoms with Crippen LogP contribution < -0.4 is 10.6 Å². The Morgan fingerprint density at radius 3 is 2.31 bits per heavy atom. The van der Waals surface area contributed by atoms with Crippen molar-refractivity contribution in [3.8, 4) is 0 Å². The van der Waals surface area contributed by atoms with Gasteiger partial charge < -0.3 is 15.7 Å². The van der Waals surface area contributed by atoms with E-state index in [9.17, 15) is 37.1 Å². The molecule has 3 aromatic rings. The lowest BCUT2D eigenvalue weighted by molar-refractivity contribution is -0.158. The van der Waals surface area contributed by atoms with E-state index in [0.29, 0.717) is 57.2 Å². The number of carbonyl (C=O) groups is 3. The van der Waals surface area contributed by atoms with Crippen LogP contribution in [0, 0.1) is 16.6 Å². The third kappa shape index (κ3) is 5.04. The first-order valence-electron chi connectivity index (χ1n) is 12.4. The van der Waals surface area contributed by atoms with Crippen molar-refractivity contribution in [2.75, 3.05) is 6.54 Å². The molecule has 39 heavy (non-hydrogen) atoms. The van der Waals surface area contributed by atoms with Gasteiger partial charge in [0, 0.05) is 25.2 Å². The minimum atomic E-state index is -4.88. The fourth-order valence-electron chi connectivity index (χ4n) is 5.57. The highest BCUT2D eigenvalue weighted by atomic mass is 19.4. The number of carbonyl (C=O) groups excluding carboxylic acids is 2. The summed E-state index contributed by atoms with van der Waals surface area (Å²) in [5.41, 5.74) is -2.14. The van der Waals surface area contributed by atoms with Gasteiger partial charge in [-0.05, 0) is 61.6 Å². The van der Waals surface area contributed by atoms with Gasteiger partial charge in [-0.2, -0.15) is 18.3 Å². The summed E-state index contributed by atoms with van der Waals surface area (Å²) in [6, 6.07) is 5.18. The average Bonchev–Trinajstić information content (AvgIpc) is 3.40. The molecule has 3 saturated carbocycles. The molecule has 206 valence electrons. The van der Waals surface area contributed by atoms with E-state index in [1.54, 1.807) is 0 Å². The molecule has 1 aromatic carbocycles. The van der Waals surface area contributed by atoms with Crippen LogP contribution in [0.4, 0.5) is 17.6 Å². The van der Waals surface area contributed by atoms with E-state index in [0.717, 1.165) is 6.07 Å². The van der Waals surface area contributed by atoms with Gasteiger partial charge in [0.1, 0.15) is 17.2 Å². The first kappa shape index (κ1) is 26.6. The lowest BCUT2D eigenvalue weighted by Gasteiger charge is -2.51. The lowest BCUT2D eigenvalue weighted by atomic mass is 9.53. The molecule has 6 rings (SSSR count). The van der Waals surface area contributed by atoms with E-state index in [-0.39, 0.29) is 34.6 Å². The van der Waals surface area contributed by atoms with Crippen molar-refractivity contribution in [3.05, 3.63) is 64.9 Å². The third-order valence-electron chi connectivity index (χ3n) is 8.09. The number of nitrogens with zero attached hydrogens (tertiary/aromatic N) is 3. The van der Waals surface area contributed by atoms with Gasteiger partial charge in [-0.25, -0.2) is 13.9 Å². The van der Waals surface area contributed by atoms with Gasteiger partial charge in [0.05, 0.1) is 17.2 Å². The summed E-state index contributed by atoms with van der Waals surface area (Å²) in [6.45, 7) is 0.0243. The van der Waals surface area contributed by atoms with Gasteiger partial charge in [0.2, 0.25) is 0 Å². The molecule has 9 nitrogen and oxygen atoms in total. The fourth-order valence-corrected chi connectivity index (χ4v) is 5.57. The van der Waals surface area contributed by atoms with Gasteiger partial charge in [-0.3, -0.25) is 14.4 Å². The van der Waals surface area contributed by atoms with Gasteiger partial charge >= 0.3 is 12.1 Å². The molecule has 2 amide bonds. The number of nitrogens with one attached hydrogen (secondary N) is 2. The van der Waals surface area contributed by atoms with Crippen molar-refractivity contribution >= 4 is 23.4 Å². The van der Waals surface area contributed by atoms with Crippen LogP contribution >= 0.6 is 0 Å². The number of hydrogen-bond acceptors (Lipinski definition) is 5. The van der Waals surface area contributed by atoms with E-state index in [1.165, 1.54) is 22.8 Å². The molecule has 0 saturated heterocycles. The van der Waals surface area contributed by atoms with E-state index in [2.05, 4.69) is 20.7 Å². The molecule has 0 radical (unpaired) electrons. The molecule has 2 aromatic heterocycles. The van der Waals surface area contributed by atoms with E-state index in [1.807, 2.05) is 0 Å². The molecule has 3 aliphatic carbocycles. The van der Waals surface area contributed by atoms with Crippen molar-refractivity contribution in [2.24, 2.45) is 10.8 Å². The predicted molar refractivity (Wildman–Crippen MR) is 128 cm³/mol. The van der Waals surface area contributed by atoms with Crippen LogP contribution in [0.5, 0.6) is 0 Å². The van der Waals surface area contributed by atoms with Crippen LogP contribution in [0.2, 0.25) is 0 Å². The molecule has 3 aliphatic rings. The Bertz CT molecular complexity index is 1440. The molecule has 0 aliphatic heterocycles. The summed E-state index contributed by atoms with van der Waals surface area (Å²) >= 11 is 0. The number of fused-ring (bicyclic) bond motifs is 4. The van der Waals surface area contributed by atoms with Crippen LogP contribution in [0.25, 0.3) is 5.65 Å². The van der Waals surface area contributed by atoms with Gasteiger partial charge in [-0.1, -0.05) is 6.07 Å². The topological polar surface area (TPSA) is 126 Å². The second-order valence-electron chi connectivity index (χ2n) is 10.4. The maximum Gasteiger partial charge on any atom is 0.419 e. The maximum absolute atomic E-state index is 13.6. The van der Waals surface area contributed by atoms with Crippen LogP contribution in [0.1, 0.15) is 70.6 Å². The summed E-state index contributed by atoms with van der Waals surface area (Å²) in [7, 11) is 0. The predicted octanol–water partition coefficient (Wildman–Crippen LogP) is 3.97. The van der Waals surface area contributed by atoms with Crippen molar-refractivity contribution in [3.63, 3.8) is 0 Å². The fraction of sp³-hybridized carbons (Fsp3) is 0.423. The smallest absolute Gasteiger partial charge is 0.419 e. The second kappa shape index (κ2) is 9.62. The minimum absolute atomic E-state index is 0.0339. The summed E-state index contributed by atoms with van der Waals surface area (Å²) in [4.78, 5) is 41.9. The molecular weight excluding hydrogens is 522 g/mol. The van der Waals surface area contributed by atoms with Crippen LogP contribution in [0.15, 0.2) is 36.5 Å². The number of aliphatic carboxylic acids is 1. The monoisotopic (exact) mass is 547 g/mol. The first-order chi connectivity index (χ1) is 18.4. The molecule has 2 heterocycles. The number of hydrogen-bond donors (Lipinski definition) is 3. The highest BCUT2D eigenvalue weighted by Crippen LogP contribution is 2.56. The highest BCUT2D eigenvalue weighted by Gasteiger charge is 2.52. The summed E-state index contributed by atoms with van der Waals surface area (Å²) in [5.74, 6) is -3.41. The van der Waals surface area contributed by atoms with E-state index < -0.39 is 40.8 Å². The Hall–Kier alpha value is -4.03. The Morgan fingerprint density at radius 1 is 0.974 bits per heavy atom. The van der Waals surface area contributed by atoms with E-state index >= 15 is 0 Å². The second-order valence-corrected chi connectivity index (χ2v) is 10.4. The number of benzene rings is 1. The Morgan fingerprint density at radius 2 is 1.67 bits per heavy atom. The quantitative estimate of drug-likeness (QED) is 0.385. The Kier molecular flexibility index (Phi) is 6.55. The standard InChI is InChI=1S/C26H25F4N5O4/c27-17-2-1-15(11-16(17)26(28,29)30)13-31-21(36)18-12-19(35-20(34-18)3-10-33-35)22(37)32-14-24-4-7-25(8-5-24,9-6-24)23(38)39/h1-3,10-12H,4-9,13-14H2,(H,31,36)(H,32,37)(H,38,39). The summed E-state index contributed by atoms with van der Waals surface area (Å²) in [5, 5.41) is 19.1. The normalized spacial score (nSPS) is 22.6. The molecule has 13 heteroatoms. The third-order valence-corrected chi connectivity index (χ3v) is 8.09. The molecule has 3 N–H and O–H groups in total. The maximum atomic E-state index is 13.6. The summed E-state index contributed by atoms with van der Waals surface area (Å²) < 4.78 is 53.8. The number of alkyl halides is 3. The molecule has 0 spiro atoms. The molecular formula is C26H25F4N5O4. The van der Waals surface area contributed by atoms with Crippen molar-refractivity contribution in [2.45, 2.75) is 51.2 Å². The Labute approximate surface area is 219 Å². The van der Waals surface area contributed by atoms with E-state index in [4.69, 9.17) is 0 Å². The zero-order valence-corrected chi connectivity index (χ0v) is 20.6. The average molecular weight is 548 g/mol. The zero-order chi connectivity index (χ0) is 28.0. The van der Waals surface area contributed by atoms with Gasteiger partial charge in [0.15, 0.2) is 5.65 Å². The molecule has 0 atom stereocenters. The summed E-state index contributed by atoms with van der Waals surface area (Å²) in [6.07, 6.45) is 0.319. The minimum Gasteiger partial charge on any atom is -0.481 e. The number of aromatic nitrogens is 3. The van der Waals surface area contributed by atoms with Crippen molar-refractivity contribution in [1.82, 2.24) is 25.2 Å². The number of rotatable bonds is 7. The van der Waals surface area contributed by atoms with Gasteiger partial charge in [0.25, 0.3) is 11.8 Å². The largest absolute Gasteiger partial charge is 0.481 e. The van der Waals surface area contributed by atoms with Gasteiger partial charge in [-0.15, -0.1) is 0 Å². The van der Waals surface area contributed by atoms with Crippen LogP contribution in [-0.4, -0.2) is 44.0 Å². The van der Waals surface area contributed by atoms with Crippen LogP contribution in [0.3, 0.4) is 0 Å². The SMILES string of the molecule is O=C(NCc1ccc(F)c(C(F)(F)F)c1)c1cc(C(=O)NCC23CCC(C(=O)O)(CC2)CC3)n2nccc2n1. The van der Waals surface area contributed by atoms with Crippen molar-refractivity contribution in [1.29, 1.82) is 0 Å². The number of carboxylic acid groups (broad SMARTS) is 1. The zero-order valence-electron chi connectivity index (χ0n) is 20.6. The highest BCUT2D eigenvalue weighted by molar-refractivity contribution is 5.98. The molecule has 2 bridgehead atoms. The number of halogens is 4. The van der Waals surface area contributed by atoms with Crippen LogP contribution in [-0.2, 0) is 17.5 Å².